The topological polar surface area (TPSA) is 61.8 Å². The predicted octanol–water partition coefficient (Wildman–Crippen LogP) is 3.88. The lowest BCUT2D eigenvalue weighted by Crippen LogP contribution is -2.53. The van der Waals surface area contributed by atoms with Gasteiger partial charge in [0, 0.05) is 19.3 Å². The Labute approximate surface area is 168 Å². The molecule has 5 nitrogen and oxygen atoms in total. The number of hydrogen-bond acceptors (Lipinski definition) is 5. The SMILES string of the molecule is C#CCCCC(=O)OCC(=O)OC1CC2(C(C)C)CC3C(C)CC[C@H]3C1(C)O2. The Hall–Kier alpha value is -1.54. The normalized spacial score (nSPS) is 38.7. The predicted molar refractivity (Wildman–Crippen MR) is 105 cm³/mol. The van der Waals surface area contributed by atoms with Gasteiger partial charge < -0.3 is 14.2 Å². The van der Waals surface area contributed by atoms with Crippen LogP contribution >= 0.6 is 0 Å². The Morgan fingerprint density at radius 3 is 2.68 bits per heavy atom. The van der Waals surface area contributed by atoms with Crippen molar-refractivity contribution >= 4 is 11.9 Å². The summed E-state index contributed by atoms with van der Waals surface area (Å²) in [6.07, 6.45) is 10.3. The highest BCUT2D eigenvalue weighted by Gasteiger charge is 2.66. The second-order valence-corrected chi connectivity index (χ2v) is 9.44. The number of carbonyl (C=O) groups excluding carboxylic acids is 2. The van der Waals surface area contributed by atoms with Gasteiger partial charge in [-0.1, -0.05) is 27.2 Å². The standard InChI is InChI=1S/C23H34O5/c1-6-7-8-9-20(24)26-14-21(25)27-19-13-23(15(2)3)12-17-16(4)10-11-18(17)22(19,5)28-23/h1,15-19H,7-14H2,2-5H3/t16?,17?,18-,19?,22?,23?/m1/s1. The molecule has 5 heteroatoms. The van der Waals surface area contributed by atoms with Crippen LogP contribution in [0, 0.1) is 36.0 Å². The van der Waals surface area contributed by atoms with Gasteiger partial charge in [0.2, 0.25) is 0 Å². The second-order valence-electron chi connectivity index (χ2n) is 9.44. The van der Waals surface area contributed by atoms with Gasteiger partial charge in [0.15, 0.2) is 6.61 Å². The smallest absolute Gasteiger partial charge is 0.344 e. The van der Waals surface area contributed by atoms with Crippen molar-refractivity contribution < 1.29 is 23.8 Å². The molecular weight excluding hydrogens is 356 g/mol. The molecule has 2 heterocycles. The van der Waals surface area contributed by atoms with E-state index in [1.807, 2.05) is 0 Å². The van der Waals surface area contributed by atoms with Crippen molar-refractivity contribution in [1.82, 2.24) is 0 Å². The van der Waals surface area contributed by atoms with Gasteiger partial charge in [-0.2, -0.15) is 0 Å². The lowest BCUT2D eigenvalue weighted by Gasteiger charge is -2.48. The molecule has 5 unspecified atom stereocenters. The summed E-state index contributed by atoms with van der Waals surface area (Å²) in [5, 5.41) is 0. The number of ether oxygens (including phenoxy) is 3. The quantitative estimate of drug-likeness (QED) is 0.375. The molecule has 6 atom stereocenters. The molecule has 0 amide bonds. The van der Waals surface area contributed by atoms with Crippen LogP contribution in [-0.4, -0.2) is 35.9 Å². The molecule has 2 aliphatic heterocycles. The van der Waals surface area contributed by atoms with E-state index in [-0.39, 0.29) is 24.7 Å². The largest absolute Gasteiger partial charge is 0.457 e. The summed E-state index contributed by atoms with van der Waals surface area (Å²) in [7, 11) is 0. The lowest BCUT2D eigenvalue weighted by molar-refractivity contribution is -0.215. The van der Waals surface area contributed by atoms with Crippen molar-refractivity contribution in [3.8, 4) is 12.3 Å². The first-order valence-corrected chi connectivity index (χ1v) is 10.7. The average Bonchev–Trinajstić information content (AvgIpc) is 3.11. The Balaban J connectivity index is 1.63. The summed E-state index contributed by atoms with van der Waals surface area (Å²) in [5.74, 6) is 3.66. The van der Waals surface area contributed by atoms with E-state index in [9.17, 15) is 9.59 Å². The van der Waals surface area contributed by atoms with E-state index in [0.717, 1.165) is 19.3 Å². The maximum atomic E-state index is 12.4. The Morgan fingerprint density at radius 1 is 1.25 bits per heavy atom. The van der Waals surface area contributed by atoms with Gasteiger partial charge in [0.1, 0.15) is 11.7 Å². The molecule has 3 rings (SSSR count). The first-order chi connectivity index (χ1) is 13.2. The van der Waals surface area contributed by atoms with Crippen LogP contribution in [0.2, 0.25) is 0 Å². The van der Waals surface area contributed by atoms with E-state index in [1.54, 1.807) is 0 Å². The zero-order valence-corrected chi connectivity index (χ0v) is 17.7. The van der Waals surface area contributed by atoms with E-state index in [1.165, 1.54) is 6.42 Å². The summed E-state index contributed by atoms with van der Waals surface area (Å²) in [6, 6.07) is 0. The van der Waals surface area contributed by atoms with E-state index in [4.69, 9.17) is 20.6 Å². The number of rotatable bonds is 7. The van der Waals surface area contributed by atoms with Crippen molar-refractivity contribution in [3.63, 3.8) is 0 Å². The molecule has 28 heavy (non-hydrogen) atoms. The minimum absolute atomic E-state index is 0.222. The van der Waals surface area contributed by atoms with Crippen LogP contribution in [0.1, 0.15) is 72.6 Å². The molecule has 0 spiro atoms. The molecule has 2 bridgehead atoms. The number of esters is 2. The van der Waals surface area contributed by atoms with E-state index < -0.39 is 17.5 Å². The minimum atomic E-state index is -0.492. The van der Waals surface area contributed by atoms with Gasteiger partial charge >= 0.3 is 11.9 Å². The molecule has 0 aromatic heterocycles. The molecule has 0 aromatic carbocycles. The average molecular weight is 391 g/mol. The molecule has 1 saturated carbocycles. The van der Waals surface area contributed by atoms with Gasteiger partial charge in [-0.3, -0.25) is 4.79 Å². The van der Waals surface area contributed by atoms with Gasteiger partial charge in [-0.25, -0.2) is 4.79 Å². The molecular formula is C23H34O5. The molecule has 3 fully saturated rings. The number of terminal acetylenes is 1. The summed E-state index contributed by atoms with van der Waals surface area (Å²) in [6.45, 7) is 8.51. The molecule has 156 valence electrons. The number of carbonyl (C=O) groups is 2. The number of fused-ring (bicyclic) bond motifs is 4. The molecule has 1 aliphatic carbocycles. The maximum absolute atomic E-state index is 12.4. The molecule has 2 saturated heterocycles. The monoisotopic (exact) mass is 390 g/mol. The van der Waals surface area contributed by atoms with Crippen molar-refractivity contribution in [1.29, 1.82) is 0 Å². The molecule has 0 N–H and O–H groups in total. The van der Waals surface area contributed by atoms with Crippen LogP contribution in [0.3, 0.4) is 0 Å². The van der Waals surface area contributed by atoms with Crippen LogP contribution in [-0.2, 0) is 23.8 Å². The Kier molecular flexibility index (Phi) is 6.10. The Morgan fingerprint density at radius 2 is 2.00 bits per heavy atom. The lowest BCUT2D eigenvalue weighted by atomic mass is 9.72. The summed E-state index contributed by atoms with van der Waals surface area (Å²) in [5.41, 5.74) is -0.685. The van der Waals surface area contributed by atoms with Crippen molar-refractivity contribution in [2.24, 2.45) is 23.7 Å². The van der Waals surface area contributed by atoms with Crippen molar-refractivity contribution in [2.75, 3.05) is 6.61 Å². The van der Waals surface area contributed by atoms with Crippen LogP contribution < -0.4 is 0 Å². The zero-order chi connectivity index (χ0) is 20.5. The highest BCUT2D eigenvalue weighted by atomic mass is 16.6. The van der Waals surface area contributed by atoms with Gasteiger partial charge in [-0.05, 0) is 49.9 Å². The summed E-state index contributed by atoms with van der Waals surface area (Å²) >= 11 is 0. The number of hydrogen-bond donors (Lipinski definition) is 0. The zero-order valence-electron chi connectivity index (χ0n) is 17.7. The third kappa shape index (κ3) is 3.81. The number of unbranched alkanes of at least 4 members (excludes halogenated alkanes) is 1. The van der Waals surface area contributed by atoms with Gasteiger partial charge in [0.05, 0.1) is 5.60 Å². The minimum Gasteiger partial charge on any atom is -0.457 e. The first-order valence-electron chi connectivity index (χ1n) is 10.7. The fraction of sp³-hybridized carbons (Fsp3) is 0.826. The van der Waals surface area contributed by atoms with E-state index in [0.29, 0.717) is 36.5 Å². The van der Waals surface area contributed by atoms with Gasteiger partial charge in [0.25, 0.3) is 0 Å². The van der Waals surface area contributed by atoms with Gasteiger partial charge in [-0.15, -0.1) is 12.3 Å². The van der Waals surface area contributed by atoms with Crippen LogP contribution in [0.25, 0.3) is 0 Å². The van der Waals surface area contributed by atoms with E-state index >= 15 is 0 Å². The van der Waals surface area contributed by atoms with E-state index in [2.05, 4.69) is 33.6 Å². The van der Waals surface area contributed by atoms with Crippen LogP contribution in [0.4, 0.5) is 0 Å². The second kappa shape index (κ2) is 8.06. The van der Waals surface area contributed by atoms with Crippen LogP contribution in [0.5, 0.6) is 0 Å². The fourth-order valence-corrected chi connectivity index (χ4v) is 5.71. The highest BCUT2D eigenvalue weighted by molar-refractivity contribution is 5.76. The summed E-state index contributed by atoms with van der Waals surface area (Å²) in [4.78, 5) is 24.1. The third-order valence-corrected chi connectivity index (χ3v) is 7.47. The molecule has 0 radical (unpaired) electrons. The maximum Gasteiger partial charge on any atom is 0.344 e. The molecule has 3 aliphatic rings. The molecule has 0 aromatic rings. The van der Waals surface area contributed by atoms with Crippen LogP contribution in [0.15, 0.2) is 0 Å². The summed E-state index contributed by atoms with van der Waals surface area (Å²) < 4.78 is 17.6. The van der Waals surface area contributed by atoms with Crippen molar-refractivity contribution in [3.05, 3.63) is 0 Å². The third-order valence-electron chi connectivity index (χ3n) is 7.47. The highest BCUT2D eigenvalue weighted by Crippen LogP contribution is 2.62. The van der Waals surface area contributed by atoms with Crippen molar-refractivity contribution in [2.45, 2.75) is 89.9 Å². The first kappa shape index (κ1) is 21.2. The Bertz CT molecular complexity index is 650. The fourth-order valence-electron chi connectivity index (χ4n) is 5.71.